The van der Waals surface area contributed by atoms with Crippen LogP contribution in [-0.2, 0) is 6.54 Å². The molecule has 1 aromatic heterocycles. The van der Waals surface area contributed by atoms with Crippen molar-refractivity contribution < 1.29 is 8.81 Å². The molecule has 2 rings (SSSR count). The van der Waals surface area contributed by atoms with Crippen molar-refractivity contribution in [1.29, 1.82) is 0 Å². The van der Waals surface area contributed by atoms with Crippen molar-refractivity contribution in [2.24, 2.45) is 5.92 Å². The van der Waals surface area contributed by atoms with E-state index in [2.05, 4.69) is 26.1 Å². The van der Waals surface area contributed by atoms with Gasteiger partial charge in [0.25, 0.3) is 0 Å². The SMILES string of the molecule is CCC(CC)C(C)NCc1ccc(-c2ccc(F)cc2)o1. The van der Waals surface area contributed by atoms with E-state index >= 15 is 0 Å². The second-order valence-corrected chi connectivity index (χ2v) is 5.52. The van der Waals surface area contributed by atoms with E-state index in [4.69, 9.17) is 4.42 Å². The van der Waals surface area contributed by atoms with Crippen molar-refractivity contribution in [1.82, 2.24) is 5.32 Å². The molecule has 0 saturated carbocycles. The minimum atomic E-state index is -0.230. The van der Waals surface area contributed by atoms with E-state index in [9.17, 15) is 4.39 Å². The number of hydrogen-bond donors (Lipinski definition) is 1. The maximum atomic E-state index is 12.9. The number of rotatable bonds is 7. The maximum absolute atomic E-state index is 12.9. The molecule has 1 aromatic carbocycles. The van der Waals surface area contributed by atoms with Gasteiger partial charge in [-0.25, -0.2) is 4.39 Å². The molecule has 0 aliphatic rings. The number of nitrogens with one attached hydrogen (secondary N) is 1. The Morgan fingerprint density at radius 3 is 2.33 bits per heavy atom. The van der Waals surface area contributed by atoms with Gasteiger partial charge in [-0.15, -0.1) is 0 Å². The van der Waals surface area contributed by atoms with E-state index in [0.717, 1.165) is 23.6 Å². The van der Waals surface area contributed by atoms with E-state index in [1.165, 1.54) is 25.0 Å². The molecule has 1 unspecified atom stereocenters. The van der Waals surface area contributed by atoms with Crippen LogP contribution in [0.15, 0.2) is 40.8 Å². The van der Waals surface area contributed by atoms with Gasteiger partial charge in [0.2, 0.25) is 0 Å². The molecule has 0 radical (unpaired) electrons. The summed E-state index contributed by atoms with van der Waals surface area (Å²) in [5, 5.41) is 3.52. The third kappa shape index (κ3) is 4.18. The molecule has 0 aliphatic carbocycles. The lowest BCUT2D eigenvalue weighted by Crippen LogP contribution is -2.32. The van der Waals surface area contributed by atoms with Crippen LogP contribution in [0.4, 0.5) is 4.39 Å². The molecule has 0 aliphatic heterocycles. The Bertz CT molecular complexity index is 543. The number of benzene rings is 1. The molecule has 0 fully saturated rings. The maximum Gasteiger partial charge on any atom is 0.134 e. The number of halogens is 1. The van der Waals surface area contributed by atoms with Gasteiger partial charge in [-0.1, -0.05) is 26.7 Å². The Morgan fingerprint density at radius 2 is 1.71 bits per heavy atom. The third-order valence-corrected chi connectivity index (χ3v) is 4.14. The monoisotopic (exact) mass is 289 g/mol. The zero-order valence-electron chi connectivity index (χ0n) is 13.0. The van der Waals surface area contributed by atoms with E-state index in [1.807, 2.05) is 12.1 Å². The Kier molecular flexibility index (Phi) is 5.57. The van der Waals surface area contributed by atoms with Gasteiger partial charge in [0, 0.05) is 11.6 Å². The van der Waals surface area contributed by atoms with Gasteiger partial charge >= 0.3 is 0 Å². The van der Waals surface area contributed by atoms with Crippen molar-refractivity contribution in [2.45, 2.75) is 46.2 Å². The van der Waals surface area contributed by atoms with E-state index in [-0.39, 0.29) is 5.82 Å². The molecule has 2 aromatic rings. The molecule has 21 heavy (non-hydrogen) atoms. The third-order valence-electron chi connectivity index (χ3n) is 4.14. The van der Waals surface area contributed by atoms with Crippen molar-refractivity contribution in [2.75, 3.05) is 0 Å². The Hall–Kier alpha value is -1.61. The molecule has 1 atom stereocenters. The lowest BCUT2D eigenvalue weighted by Gasteiger charge is -2.22. The van der Waals surface area contributed by atoms with E-state index < -0.39 is 0 Å². The molecular formula is C18H24FNO. The molecule has 114 valence electrons. The van der Waals surface area contributed by atoms with Gasteiger partial charge in [-0.3, -0.25) is 0 Å². The summed E-state index contributed by atoms with van der Waals surface area (Å²) in [6, 6.07) is 10.8. The lowest BCUT2D eigenvalue weighted by atomic mass is 9.95. The van der Waals surface area contributed by atoms with Gasteiger partial charge < -0.3 is 9.73 Å². The van der Waals surface area contributed by atoms with Crippen LogP contribution in [0, 0.1) is 11.7 Å². The first-order valence-electron chi connectivity index (χ1n) is 7.72. The summed E-state index contributed by atoms with van der Waals surface area (Å²) in [4.78, 5) is 0. The van der Waals surface area contributed by atoms with E-state index in [0.29, 0.717) is 12.0 Å². The summed E-state index contributed by atoms with van der Waals surface area (Å²) in [7, 11) is 0. The first kappa shape index (κ1) is 15.8. The Labute approximate surface area is 126 Å². The number of hydrogen-bond acceptors (Lipinski definition) is 2. The Morgan fingerprint density at radius 1 is 1.05 bits per heavy atom. The summed E-state index contributed by atoms with van der Waals surface area (Å²) >= 11 is 0. The minimum absolute atomic E-state index is 0.230. The fraction of sp³-hybridized carbons (Fsp3) is 0.444. The summed E-state index contributed by atoms with van der Waals surface area (Å²) in [5.74, 6) is 2.15. The standard InChI is InChI=1S/C18H24FNO/c1-4-14(5-2)13(3)20-12-17-10-11-18(21-17)15-6-8-16(19)9-7-15/h6-11,13-14,20H,4-5,12H2,1-3H3. The van der Waals surface area contributed by atoms with Crippen molar-refractivity contribution in [3.8, 4) is 11.3 Å². The van der Waals surface area contributed by atoms with Crippen LogP contribution in [0.25, 0.3) is 11.3 Å². The summed E-state index contributed by atoms with van der Waals surface area (Å²) in [6.45, 7) is 7.40. The van der Waals surface area contributed by atoms with Gasteiger partial charge in [-0.05, 0) is 49.2 Å². The average molecular weight is 289 g/mol. The van der Waals surface area contributed by atoms with Crippen molar-refractivity contribution >= 4 is 0 Å². The first-order chi connectivity index (χ1) is 10.1. The van der Waals surface area contributed by atoms with Crippen LogP contribution in [0.3, 0.4) is 0 Å². The van der Waals surface area contributed by atoms with Crippen LogP contribution in [0.5, 0.6) is 0 Å². The smallest absolute Gasteiger partial charge is 0.134 e. The van der Waals surface area contributed by atoms with Crippen LogP contribution >= 0.6 is 0 Å². The molecule has 1 N–H and O–H groups in total. The molecule has 0 amide bonds. The molecule has 3 heteroatoms. The zero-order valence-corrected chi connectivity index (χ0v) is 13.0. The van der Waals surface area contributed by atoms with Gasteiger partial charge in [0.1, 0.15) is 17.3 Å². The molecular weight excluding hydrogens is 265 g/mol. The first-order valence-corrected chi connectivity index (χ1v) is 7.72. The normalized spacial score (nSPS) is 12.8. The van der Waals surface area contributed by atoms with Crippen LogP contribution < -0.4 is 5.32 Å². The second-order valence-electron chi connectivity index (χ2n) is 5.52. The summed E-state index contributed by atoms with van der Waals surface area (Å²) in [5.41, 5.74) is 0.899. The Balaban J connectivity index is 1.96. The van der Waals surface area contributed by atoms with Crippen LogP contribution in [-0.4, -0.2) is 6.04 Å². The average Bonchev–Trinajstić information content (AvgIpc) is 2.96. The predicted octanol–water partition coefficient (Wildman–Crippen LogP) is 5.00. The fourth-order valence-electron chi connectivity index (χ4n) is 2.67. The largest absolute Gasteiger partial charge is 0.460 e. The predicted molar refractivity (Wildman–Crippen MR) is 84.5 cm³/mol. The molecule has 0 bridgehead atoms. The van der Waals surface area contributed by atoms with Crippen LogP contribution in [0.1, 0.15) is 39.4 Å². The second kappa shape index (κ2) is 7.41. The molecule has 0 spiro atoms. The highest BCUT2D eigenvalue weighted by molar-refractivity contribution is 5.57. The zero-order chi connectivity index (χ0) is 15.2. The summed E-state index contributed by atoms with van der Waals surface area (Å²) < 4.78 is 18.7. The van der Waals surface area contributed by atoms with Gasteiger partial charge in [-0.2, -0.15) is 0 Å². The van der Waals surface area contributed by atoms with Crippen LogP contribution in [0.2, 0.25) is 0 Å². The highest BCUT2D eigenvalue weighted by Gasteiger charge is 2.13. The fourth-order valence-corrected chi connectivity index (χ4v) is 2.67. The van der Waals surface area contributed by atoms with Crippen molar-refractivity contribution in [3.05, 3.63) is 48.0 Å². The quantitative estimate of drug-likeness (QED) is 0.776. The highest BCUT2D eigenvalue weighted by Crippen LogP contribution is 2.22. The lowest BCUT2D eigenvalue weighted by molar-refractivity contribution is 0.341. The topological polar surface area (TPSA) is 25.2 Å². The van der Waals surface area contributed by atoms with Crippen molar-refractivity contribution in [3.63, 3.8) is 0 Å². The van der Waals surface area contributed by atoms with E-state index in [1.54, 1.807) is 12.1 Å². The summed E-state index contributed by atoms with van der Waals surface area (Å²) in [6.07, 6.45) is 2.37. The van der Waals surface area contributed by atoms with Gasteiger partial charge in [0.05, 0.1) is 6.54 Å². The highest BCUT2D eigenvalue weighted by atomic mass is 19.1. The molecule has 0 saturated heterocycles. The molecule has 2 nitrogen and oxygen atoms in total. The van der Waals surface area contributed by atoms with Gasteiger partial charge in [0.15, 0.2) is 0 Å². The number of furan rings is 1. The molecule has 1 heterocycles. The minimum Gasteiger partial charge on any atom is -0.460 e.